The van der Waals surface area contributed by atoms with E-state index in [0.29, 0.717) is 11.3 Å². The SMILES string of the molecule is CCC(C)[C@H](N)C(=O)Nc1ccc(CS(N)(=O)=O)cc1. The molecule has 0 heterocycles. The van der Waals surface area contributed by atoms with Crippen molar-refractivity contribution < 1.29 is 13.2 Å². The molecule has 0 fully saturated rings. The Morgan fingerprint density at radius 1 is 1.30 bits per heavy atom. The van der Waals surface area contributed by atoms with Crippen LogP contribution >= 0.6 is 0 Å². The summed E-state index contributed by atoms with van der Waals surface area (Å²) in [6.07, 6.45) is 0.821. The predicted octanol–water partition coefficient (Wildman–Crippen LogP) is 0.787. The fourth-order valence-corrected chi connectivity index (χ4v) is 2.31. The van der Waals surface area contributed by atoms with E-state index >= 15 is 0 Å². The highest BCUT2D eigenvalue weighted by Crippen LogP contribution is 2.13. The van der Waals surface area contributed by atoms with Crippen molar-refractivity contribution >= 4 is 21.6 Å². The molecule has 6 nitrogen and oxygen atoms in total. The quantitative estimate of drug-likeness (QED) is 0.720. The summed E-state index contributed by atoms with van der Waals surface area (Å²) in [7, 11) is -3.55. The number of nitrogens with one attached hydrogen (secondary N) is 1. The number of hydrogen-bond acceptors (Lipinski definition) is 4. The Hall–Kier alpha value is -1.44. The highest BCUT2D eigenvalue weighted by atomic mass is 32.2. The molecular weight excluding hydrogens is 278 g/mol. The van der Waals surface area contributed by atoms with Crippen molar-refractivity contribution in [1.82, 2.24) is 0 Å². The molecular formula is C13H21N3O3S. The van der Waals surface area contributed by atoms with Crippen molar-refractivity contribution in [3.63, 3.8) is 0 Å². The Morgan fingerprint density at radius 3 is 2.30 bits per heavy atom. The zero-order chi connectivity index (χ0) is 15.3. The van der Waals surface area contributed by atoms with E-state index in [9.17, 15) is 13.2 Å². The topological polar surface area (TPSA) is 115 Å². The van der Waals surface area contributed by atoms with E-state index in [1.807, 2.05) is 13.8 Å². The lowest BCUT2D eigenvalue weighted by Crippen LogP contribution is -2.40. The van der Waals surface area contributed by atoms with Gasteiger partial charge in [0.25, 0.3) is 0 Å². The Balaban J connectivity index is 2.68. The summed E-state index contributed by atoms with van der Waals surface area (Å²) in [5, 5.41) is 7.66. The molecule has 112 valence electrons. The van der Waals surface area contributed by atoms with Crippen molar-refractivity contribution in [2.24, 2.45) is 16.8 Å². The Kier molecular flexibility index (Phi) is 5.67. The molecule has 0 aliphatic heterocycles. The molecule has 0 saturated carbocycles. The van der Waals surface area contributed by atoms with Gasteiger partial charge in [-0.15, -0.1) is 0 Å². The molecule has 1 aromatic rings. The fraction of sp³-hybridized carbons (Fsp3) is 0.462. The van der Waals surface area contributed by atoms with Crippen molar-refractivity contribution in [2.45, 2.75) is 32.1 Å². The largest absolute Gasteiger partial charge is 0.325 e. The number of sulfonamides is 1. The second kappa shape index (κ2) is 6.83. The molecule has 2 atom stereocenters. The van der Waals surface area contributed by atoms with Crippen LogP contribution in [0.2, 0.25) is 0 Å². The van der Waals surface area contributed by atoms with Gasteiger partial charge in [0.2, 0.25) is 15.9 Å². The number of primary sulfonamides is 1. The van der Waals surface area contributed by atoms with Crippen LogP contribution in [0, 0.1) is 5.92 Å². The molecule has 5 N–H and O–H groups in total. The fourth-order valence-electron chi connectivity index (χ4n) is 1.65. The van der Waals surface area contributed by atoms with Crippen molar-refractivity contribution in [3.05, 3.63) is 29.8 Å². The number of carbonyl (C=O) groups is 1. The van der Waals surface area contributed by atoms with E-state index in [4.69, 9.17) is 10.9 Å². The van der Waals surface area contributed by atoms with Crippen LogP contribution in [0.4, 0.5) is 5.69 Å². The van der Waals surface area contributed by atoms with Crippen molar-refractivity contribution in [3.8, 4) is 0 Å². The van der Waals surface area contributed by atoms with Gasteiger partial charge >= 0.3 is 0 Å². The molecule has 1 aromatic carbocycles. The van der Waals surface area contributed by atoms with Crippen LogP contribution in [-0.2, 0) is 20.6 Å². The van der Waals surface area contributed by atoms with Crippen LogP contribution in [-0.4, -0.2) is 20.4 Å². The third-order valence-corrected chi connectivity index (χ3v) is 3.88. The first kappa shape index (κ1) is 16.6. The third kappa shape index (κ3) is 5.28. The number of amides is 1. The van der Waals surface area contributed by atoms with Gasteiger partial charge in [0, 0.05) is 5.69 Å². The maximum absolute atomic E-state index is 11.9. The van der Waals surface area contributed by atoms with Crippen LogP contribution in [0.15, 0.2) is 24.3 Å². The Labute approximate surface area is 119 Å². The lowest BCUT2D eigenvalue weighted by Gasteiger charge is -2.17. The highest BCUT2D eigenvalue weighted by molar-refractivity contribution is 7.88. The highest BCUT2D eigenvalue weighted by Gasteiger charge is 2.19. The smallest absolute Gasteiger partial charge is 0.241 e. The van der Waals surface area contributed by atoms with Gasteiger partial charge in [0.15, 0.2) is 0 Å². The van der Waals surface area contributed by atoms with Crippen LogP contribution in [0.3, 0.4) is 0 Å². The van der Waals surface area contributed by atoms with Crippen LogP contribution in [0.25, 0.3) is 0 Å². The molecule has 0 aromatic heterocycles. The first-order valence-corrected chi connectivity index (χ1v) is 8.10. The first-order chi connectivity index (χ1) is 9.23. The molecule has 0 aliphatic rings. The number of hydrogen-bond donors (Lipinski definition) is 3. The maximum Gasteiger partial charge on any atom is 0.241 e. The summed E-state index contributed by atoms with van der Waals surface area (Å²) in [5.74, 6) is -0.386. The molecule has 1 unspecified atom stereocenters. The standard InChI is InChI=1S/C13H21N3O3S/c1-3-9(2)12(14)13(17)16-11-6-4-10(5-7-11)8-20(15,18)19/h4-7,9,12H,3,8,14H2,1-2H3,(H,16,17)(H2,15,18,19)/t9?,12-/m0/s1. The summed E-state index contributed by atoms with van der Waals surface area (Å²) in [6, 6.07) is 5.90. The van der Waals surface area contributed by atoms with Gasteiger partial charge in [-0.25, -0.2) is 13.6 Å². The monoisotopic (exact) mass is 299 g/mol. The normalized spacial score (nSPS) is 14.6. The molecule has 7 heteroatoms. The minimum absolute atomic E-state index is 0.0941. The molecule has 0 spiro atoms. The van der Waals surface area contributed by atoms with E-state index < -0.39 is 16.1 Å². The summed E-state index contributed by atoms with van der Waals surface area (Å²) >= 11 is 0. The van der Waals surface area contributed by atoms with E-state index in [1.54, 1.807) is 24.3 Å². The second-order valence-corrected chi connectivity index (χ2v) is 6.52. The molecule has 20 heavy (non-hydrogen) atoms. The van der Waals surface area contributed by atoms with E-state index in [1.165, 1.54) is 0 Å². The van der Waals surface area contributed by atoms with Gasteiger partial charge in [0.05, 0.1) is 11.8 Å². The van der Waals surface area contributed by atoms with Crippen LogP contribution < -0.4 is 16.2 Å². The maximum atomic E-state index is 11.9. The number of carbonyl (C=O) groups excluding carboxylic acids is 1. The lowest BCUT2D eigenvalue weighted by molar-refractivity contribution is -0.118. The van der Waals surface area contributed by atoms with Gasteiger partial charge in [0.1, 0.15) is 0 Å². The van der Waals surface area contributed by atoms with Gasteiger partial charge in [-0.3, -0.25) is 4.79 Å². The van der Waals surface area contributed by atoms with Gasteiger partial charge in [-0.05, 0) is 23.6 Å². The third-order valence-electron chi connectivity index (χ3n) is 3.15. The summed E-state index contributed by atoms with van der Waals surface area (Å²) in [6.45, 7) is 3.89. The number of anilines is 1. The molecule has 0 bridgehead atoms. The Morgan fingerprint density at radius 2 is 1.85 bits per heavy atom. The Bertz CT molecular complexity index is 555. The average molecular weight is 299 g/mol. The second-order valence-electron chi connectivity index (χ2n) is 4.90. The molecule has 0 radical (unpaired) electrons. The molecule has 0 saturated heterocycles. The van der Waals surface area contributed by atoms with Crippen molar-refractivity contribution in [2.75, 3.05) is 5.32 Å². The molecule has 1 amide bonds. The first-order valence-electron chi connectivity index (χ1n) is 6.38. The van der Waals surface area contributed by atoms with Crippen LogP contribution in [0.1, 0.15) is 25.8 Å². The minimum Gasteiger partial charge on any atom is -0.325 e. The van der Waals surface area contributed by atoms with Crippen LogP contribution in [0.5, 0.6) is 0 Å². The lowest BCUT2D eigenvalue weighted by atomic mass is 9.99. The molecule has 0 aliphatic carbocycles. The summed E-state index contributed by atoms with van der Waals surface area (Å²) in [5.41, 5.74) is 6.97. The number of benzene rings is 1. The summed E-state index contributed by atoms with van der Waals surface area (Å²) in [4.78, 5) is 11.9. The minimum atomic E-state index is -3.55. The zero-order valence-corrected chi connectivity index (χ0v) is 12.5. The number of nitrogens with two attached hydrogens (primary N) is 2. The molecule has 1 rings (SSSR count). The van der Waals surface area contributed by atoms with E-state index in [-0.39, 0.29) is 17.6 Å². The van der Waals surface area contributed by atoms with Crippen molar-refractivity contribution in [1.29, 1.82) is 0 Å². The van der Waals surface area contributed by atoms with E-state index in [0.717, 1.165) is 6.42 Å². The summed E-state index contributed by atoms with van der Waals surface area (Å²) < 4.78 is 21.9. The van der Waals surface area contributed by atoms with Gasteiger partial charge in [-0.2, -0.15) is 0 Å². The zero-order valence-electron chi connectivity index (χ0n) is 11.7. The van der Waals surface area contributed by atoms with Gasteiger partial charge in [-0.1, -0.05) is 32.4 Å². The predicted molar refractivity (Wildman–Crippen MR) is 79.3 cm³/mol. The average Bonchev–Trinajstić information content (AvgIpc) is 2.37. The number of rotatable bonds is 6. The van der Waals surface area contributed by atoms with Gasteiger partial charge < -0.3 is 11.1 Å². The van der Waals surface area contributed by atoms with E-state index in [2.05, 4.69) is 5.32 Å².